The maximum atomic E-state index is 12.2. The van der Waals surface area contributed by atoms with Gasteiger partial charge in [-0.25, -0.2) is 4.79 Å². The first kappa shape index (κ1) is 13.1. The summed E-state index contributed by atoms with van der Waals surface area (Å²) in [6, 6.07) is 13.1. The number of ether oxygens (including phenoxy) is 1. The van der Waals surface area contributed by atoms with Gasteiger partial charge in [0.15, 0.2) is 0 Å². The summed E-state index contributed by atoms with van der Waals surface area (Å²) in [5, 5.41) is 10.6. The number of para-hydroxylation sites is 1. The Morgan fingerprint density at radius 2 is 1.86 bits per heavy atom. The average molecular weight is 284 g/mol. The third-order valence-corrected chi connectivity index (χ3v) is 3.36. The highest BCUT2D eigenvalue weighted by molar-refractivity contribution is 5.91. The van der Waals surface area contributed by atoms with Gasteiger partial charge in [0.1, 0.15) is 5.75 Å². The van der Waals surface area contributed by atoms with Gasteiger partial charge < -0.3 is 4.74 Å². The van der Waals surface area contributed by atoms with Gasteiger partial charge in [-0.1, -0.05) is 18.2 Å². The van der Waals surface area contributed by atoms with Gasteiger partial charge in [-0.2, -0.15) is 0 Å². The lowest BCUT2D eigenvalue weighted by atomic mass is 10.2. The van der Waals surface area contributed by atoms with Gasteiger partial charge >= 0.3 is 6.09 Å². The number of carbonyl (C=O) groups is 1. The van der Waals surface area contributed by atoms with Crippen molar-refractivity contribution in [3.63, 3.8) is 0 Å². The third kappa shape index (κ3) is 2.55. The molecule has 0 bridgehead atoms. The molecule has 1 aliphatic rings. The largest absolute Gasteiger partial charge is 0.419 e. The third-order valence-electron chi connectivity index (χ3n) is 3.36. The van der Waals surface area contributed by atoms with E-state index in [1.807, 2.05) is 24.3 Å². The van der Waals surface area contributed by atoms with Crippen molar-refractivity contribution >= 4 is 17.5 Å². The molecule has 0 radical (unpaired) electrons. The molecule has 0 aliphatic carbocycles. The number of amides is 1. The molecule has 2 aromatic carbocycles. The second kappa shape index (κ2) is 5.24. The average Bonchev–Trinajstić information content (AvgIpc) is 2.92. The van der Waals surface area contributed by atoms with Crippen molar-refractivity contribution in [2.45, 2.75) is 6.42 Å². The Morgan fingerprint density at radius 3 is 2.57 bits per heavy atom. The summed E-state index contributed by atoms with van der Waals surface area (Å²) in [6.45, 7) is 0.575. The van der Waals surface area contributed by atoms with Crippen molar-refractivity contribution in [1.29, 1.82) is 0 Å². The molecule has 21 heavy (non-hydrogen) atoms. The Labute approximate surface area is 120 Å². The fourth-order valence-corrected chi connectivity index (χ4v) is 2.32. The highest BCUT2D eigenvalue weighted by Crippen LogP contribution is 2.28. The van der Waals surface area contributed by atoms with Gasteiger partial charge in [-0.05, 0) is 30.2 Å². The van der Waals surface area contributed by atoms with Crippen LogP contribution in [0.3, 0.4) is 0 Å². The molecule has 0 N–H and O–H groups in total. The standard InChI is InChI=1S/C15H12N2O4/c18-15(16-10-9-11-3-1-2-4-14(11)16)21-13-7-5-12(6-8-13)17(19)20/h1-8H,9-10H2. The molecule has 1 aliphatic heterocycles. The monoisotopic (exact) mass is 284 g/mol. The zero-order valence-electron chi connectivity index (χ0n) is 11.1. The number of benzene rings is 2. The number of non-ortho nitro benzene ring substituents is 1. The molecule has 0 fully saturated rings. The van der Waals surface area contributed by atoms with E-state index < -0.39 is 11.0 Å². The maximum Gasteiger partial charge on any atom is 0.419 e. The van der Waals surface area contributed by atoms with Crippen molar-refractivity contribution in [2.24, 2.45) is 0 Å². The molecule has 0 atom stereocenters. The number of fused-ring (bicyclic) bond motifs is 1. The summed E-state index contributed by atoms with van der Waals surface area (Å²) in [6.07, 6.45) is 0.319. The highest BCUT2D eigenvalue weighted by Gasteiger charge is 2.25. The van der Waals surface area contributed by atoms with Gasteiger partial charge in [-0.3, -0.25) is 15.0 Å². The number of hydrogen-bond donors (Lipinski definition) is 0. The molecule has 1 amide bonds. The van der Waals surface area contributed by atoms with E-state index in [1.54, 1.807) is 4.90 Å². The molecule has 0 saturated heterocycles. The molecule has 0 saturated carbocycles. The smallest absolute Gasteiger partial charge is 0.410 e. The quantitative estimate of drug-likeness (QED) is 0.627. The van der Waals surface area contributed by atoms with E-state index in [-0.39, 0.29) is 11.4 Å². The normalized spacial score (nSPS) is 12.9. The molecule has 6 heteroatoms. The van der Waals surface area contributed by atoms with Crippen molar-refractivity contribution in [2.75, 3.05) is 11.4 Å². The minimum Gasteiger partial charge on any atom is -0.410 e. The lowest BCUT2D eigenvalue weighted by molar-refractivity contribution is -0.384. The number of anilines is 1. The summed E-state index contributed by atoms with van der Waals surface area (Å²) in [7, 11) is 0. The summed E-state index contributed by atoms with van der Waals surface area (Å²) < 4.78 is 5.25. The Bertz CT molecular complexity index is 697. The Hall–Kier alpha value is -2.89. The van der Waals surface area contributed by atoms with Gasteiger partial charge in [0.25, 0.3) is 5.69 Å². The zero-order chi connectivity index (χ0) is 14.8. The molecule has 106 valence electrons. The van der Waals surface area contributed by atoms with E-state index in [2.05, 4.69) is 0 Å². The van der Waals surface area contributed by atoms with E-state index in [0.29, 0.717) is 6.54 Å². The second-order valence-electron chi connectivity index (χ2n) is 4.65. The van der Waals surface area contributed by atoms with E-state index in [9.17, 15) is 14.9 Å². The minimum absolute atomic E-state index is 0.0404. The van der Waals surface area contributed by atoms with Crippen LogP contribution in [0, 0.1) is 10.1 Å². The molecule has 1 heterocycles. The summed E-state index contributed by atoms with van der Waals surface area (Å²) in [5.74, 6) is 0.287. The van der Waals surface area contributed by atoms with Crippen LogP contribution in [0.15, 0.2) is 48.5 Å². The molecular formula is C15H12N2O4. The number of nitro benzene ring substituents is 1. The first-order valence-electron chi connectivity index (χ1n) is 6.47. The van der Waals surface area contributed by atoms with E-state index in [1.165, 1.54) is 24.3 Å². The van der Waals surface area contributed by atoms with Gasteiger partial charge in [0.2, 0.25) is 0 Å². The Morgan fingerprint density at radius 1 is 1.14 bits per heavy atom. The van der Waals surface area contributed by atoms with E-state index in [0.717, 1.165) is 17.7 Å². The lowest BCUT2D eigenvalue weighted by Crippen LogP contribution is -2.31. The van der Waals surface area contributed by atoms with Crippen LogP contribution < -0.4 is 9.64 Å². The molecule has 6 nitrogen and oxygen atoms in total. The summed E-state index contributed by atoms with van der Waals surface area (Å²) in [4.78, 5) is 23.8. The van der Waals surface area contributed by atoms with Crippen LogP contribution in [0.1, 0.15) is 5.56 Å². The fourth-order valence-electron chi connectivity index (χ4n) is 2.32. The van der Waals surface area contributed by atoms with Crippen LogP contribution in [0.5, 0.6) is 5.75 Å². The Balaban J connectivity index is 1.74. The summed E-state index contributed by atoms with van der Waals surface area (Å²) in [5.41, 5.74) is 1.92. The molecule has 0 aromatic heterocycles. The molecule has 3 rings (SSSR count). The second-order valence-corrected chi connectivity index (χ2v) is 4.65. The first-order valence-corrected chi connectivity index (χ1v) is 6.47. The minimum atomic E-state index is -0.498. The van der Waals surface area contributed by atoms with Gasteiger partial charge in [0.05, 0.1) is 10.6 Å². The number of rotatable bonds is 2. The number of nitrogens with zero attached hydrogens (tertiary/aromatic N) is 2. The van der Waals surface area contributed by atoms with Crippen molar-refractivity contribution in [1.82, 2.24) is 0 Å². The van der Waals surface area contributed by atoms with E-state index in [4.69, 9.17) is 4.74 Å². The predicted octanol–water partition coefficient (Wildman–Crippen LogP) is 3.16. The maximum absolute atomic E-state index is 12.2. The topological polar surface area (TPSA) is 72.7 Å². The van der Waals surface area contributed by atoms with Crippen LogP contribution in [0.25, 0.3) is 0 Å². The summed E-state index contributed by atoms with van der Waals surface area (Å²) >= 11 is 0. The van der Waals surface area contributed by atoms with Crippen LogP contribution in [-0.2, 0) is 6.42 Å². The van der Waals surface area contributed by atoms with E-state index >= 15 is 0 Å². The SMILES string of the molecule is O=C(Oc1ccc([N+](=O)[O-])cc1)N1CCc2ccccc21. The molecular weight excluding hydrogens is 272 g/mol. The number of carbonyl (C=O) groups excluding carboxylic acids is 1. The van der Waals surface area contributed by atoms with Crippen molar-refractivity contribution in [3.8, 4) is 5.75 Å². The number of hydrogen-bond acceptors (Lipinski definition) is 4. The van der Waals surface area contributed by atoms with Crippen molar-refractivity contribution < 1.29 is 14.5 Å². The van der Waals surface area contributed by atoms with Crippen LogP contribution in [0.2, 0.25) is 0 Å². The number of nitro groups is 1. The van der Waals surface area contributed by atoms with Crippen molar-refractivity contribution in [3.05, 3.63) is 64.2 Å². The molecule has 0 spiro atoms. The van der Waals surface area contributed by atoms with Crippen LogP contribution >= 0.6 is 0 Å². The molecule has 0 unspecified atom stereocenters. The fraction of sp³-hybridized carbons (Fsp3) is 0.133. The molecule has 2 aromatic rings. The predicted molar refractivity (Wildman–Crippen MR) is 76.6 cm³/mol. The van der Waals surface area contributed by atoms with Gasteiger partial charge in [-0.15, -0.1) is 0 Å². The highest BCUT2D eigenvalue weighted by atomic mass is 16.6. The van der Waals surface area contributed by atoms with Crippen LogP contribution in [-0.4, -0.2) is 17.6 Å². The van der Waals surface area contributed by atoms with Gasteiger partial charge in [0, 0.05) is 18.7 Å². The Kier molecular flexibility index (Phi) is 3.27. The van der Waals surface area contributed by atoms with Crippen LogP contribution in [0.4, 0.5) is 16.2 Å². The lowest BCUT2D eigenvalue weighted by Gasteiger charge is -2.16. The zero-order valence-corrected chi connectivity index (χ0v) is 11.1. The first-order chi connectivity index (χ1) is 10.1.